The maximum Gasteiger partial charge on any atom is 0.488 e. The topological polar surface area (TPSA) is 44.3 Å². The molecular weight excluding hydrogens is 333 g/mol. The summed E-state index contributed by atoms with van der Waals surface area (Å²) in [4.78, 5) is 0. The maximum absolute atomic E-state index is 9.22. The molecule has 5 aromatic rings. The van der Waals surface area contributed by atoms with Gasteiger partial charge in [-0.3, -0.25) is 0 Å². The molecule has 0 spiro atoms. The Kier molecular flexibility index (Phi) is 3.81. The fourth-order valence-corrected chi connectivity index (χ4v) is 4.05. The van der Waals surface area contributed by atoms with E-state index in [4.69, 9.17) is 0 Å². The third-order valence-electron chi connectivity index (χ3n) is 5.47. The SMILES string of the molecule is OB(O)c1cc[n+](CCc2ccc3ccc4cccc5ccc2c3c45)cc1. The number of nitrogens with zero attached hydrogens (tertiary/aromatic N) is 1. The highest BCUT2D eigenvalue weighted by molar-refractivity contribution is 6.58. The molecule has 0 atom stereocenters. The zero-order chi connectivity index (χ0) is 18.4. The van der Waals surface area contributed by atoms with Crippen LogP contribution in [0.2, 0.25) is 0 Å². The smallest absolute Gasteiger partial charge is 0.423 e. The molecule has 0 saturated heterocycles. The van der Waals surface area contributed by atoms with Crippen molar-refractivity contribution in [2.45, 2.75) is 13.0 Å². The van der Waals surface area contributed by atoms with E-state index < -0.39 is 7.12 Å². The van der Waals surface area contributed by atoms with E-state index in [0.29, 0.717) is 5.46 Å². The number of benzene rings is 4. The highest BCUT2D eigenvalue weighted by atomic mass is 16.4. The molecule has 4 aromatic carbocycles. The van der Waals surface area contributed by atoms with E-state index in [1.165, 1.54) is 37.9 Å². The zero-order valence-corrected chi connectivity index (χ0v) is 14.8. The van der Waals surface area contributed by atoms with Crippen LogP contribution in [0.4, 0.5) is 0 Å². The number of pyridine rings is 1. The first-order valence-electron chi connectivity index (χ1n) is 9.21. The van der Waals surface area contributed by atoms with E-state index in [1.54, 1.807) is 12.1 Å². The van der Waals surface area contributed by atoms with Gasteiger partial charge in [-0.2, -0.15) is 0 Å². The Hall–Kier alpha value is -2.95. The van der Waals surface area contributed by atoms with Gasteiger partial charge in [0.2, 0.25) is 0 Å². The van der Waals surface area contributed by atoms with Crippen molar-refractivity contribution < 1.29 is 14.6 Å². The lowest BCUT2D eigenvalue weighted by molar-refractivity contribution is -0.696. The summed E-state index contributed by atoms with van der Waals surface area (Å²) in [6, 6.07) is 23.3. The first-order valence-corrected chi connectivity index (χ1v) is 9.21. The van der Waals surface area contributed by atoms with E-state index >= 15 is 0 Å². The fraction of sp³-hybridized carbons (Fsp3) is 0.0870. The molecule has 0 unspecified atom stereocenters. The first kappa shape index (κ1) is 16.2. The van der Waals surface area contributed by atoms with Gasteiger partial charge in [0.25, 0.3) is 0 Å². The molecule has 1 aromatic heterocycles. The molecule has 0 amide bonds. The Bertz CT molecular complexity index is 1230. The summed E-state index contributed by atoms with van der Waals surface area (Å²) in [6.07, 6.45) is 4.70. The van der Waals surface area contributed by atoms with Gasteiger partial charge in [-0.25, -0.2) is 4.57 Å². The van der Waals surface area contributed by atoms with Crippen LogP contribution in [0.3, 0.4) is 0 Å². The van der Waals surface area contributed by atoms with Gasteiger partial charge >= 0.3 is 7.12 Å². The largest absolute Gasteiger partial charge is 0.488 e. The second kappa shape index (κ2) is 6.34. The van der Waals surface area contributed by atoms with Crippen LogP contribution >= 0.6 is 0 Å². The van der Waals surface area contributed by atoms with Gasteiger partial charge in [-0.05, 0) is 43.3 Å². The summed E-state index contributed by atoms with van der Waals surface area (Å²) < 4.78 is 2.07. The van der Waals surface area contributed by atoms with Crippen LogP contribution in [0.15, 0.2) is 79.1 Å². The van der Waals surface area contributed by atoms with Crippen molar-refractivity contribution in [1.82, 2.24) is 0 Å². The van der Waals surface area contributed by atoms with E-state index in [2.05, 4.69) is 59.2 Å². The van der Waals surface area contributed by atoms with Crippen LogP contribution in [-0.4, -0.2) is 17.2 Å². The minimum absolute atomic E-state index is 0.508. The Balaban J connectivity index is 1.55. The van der Waals surface area contributed by atoms with Crippen LogP contribution in [0.25, 0.3) is 32.3 Å². The zero-order valence-electron chi connectivity index (χ0n) is 14.8. The molecule has 0 radical (unpaired) electrons. The Morgan fingerprint density at radius 2 is 1.33 bits per heavy atom. The number of hydrogen-bond acceptors (Lipinski definition) is 2. The predicted octanol–water partition coefficient (Wildman–Crippen LogP) is 2.79. The molecule has 0 aliphatic carbocycles. The lowest BCUT2D eigenvalue weighted by Gasteiger charge is -2.13. The van der Waals surface area contributed by atoms with Gasteiger partial charge in [0.05, 0.1) is 0 Å². The molecule has 5 rings (SSSR count). The standard InChI is InChI=1S/C23H19BNO2/c26-24(27)20-11-14-25(15-12-20)13-10-16-4-5-19-7-6-17-2-1-3-18-8-9-21(16)23(19)22(17)18/h1-9,11-12,14-15,26-27H,10,13H2/q+1. The summed E-state index contributed by atoms with van der Waals surface area (Å²) >= 11 is 0. The third kappa shape index (κ3) is 2.74. The molecule has 0 fully saturated rings. The molecule has 2 N–H and O–H groups in total. The van der Waals surface area contributed by atoms with Crippen molar-refractivity contribution in [3.05, 3.63) is 84.7 Å². The Labute approximate surface area is 157 Å². The number of aryl methyl sites for hydroxylation is 2. The first-order chi connectivity index (χ1) is 13.2. The third-order valence-corrected chi connectivity index (χ3v) is 5.47. The Morgan fingerprint density at radius 1 is 0.704 bits per heavy atom. The second-order valence-corrected chi connectivity index (χ2v) is 7.07. The van der Waals surface area contributed by atoms with Crippen LogP contribution in [-0.2, 0) is 13.0 Å². The van der Waals surface area contributed by atoms with Gasteiger partial charge in [0.1, 0.15) is 0 Å². The molecule has 0 aliphatic heterocycles. The van der Waals surface area contributed by atoms with Crippen molar-refractivity contribution in [3.63, 3.8) is 0 Å². The van der Waals surface area contributed by atoms with Gasteiger partial charge < -0.3 is 10.0 Å². The van der Waals surface area contributed by atoms with Gasteiger partial charge in [-0.15, -0.1) is 0 Å². The average molecular weight is 352 g/mol. The van der Waals surface area contributed by atoms with Crippen molar-refractivity contribution in [1.29, 1.82) is 0 Å². The van der Waals surface area contributed by atoms with Gasteiger partial charge in [0, 0.05) is 18.6 Å². The normalized spacial score (nSPS) is 11.6. The van der Waals surface area contributed by atoms with E-state index in [9.17, 15) is 10.0 Å². The van der Waals surface area contributed by atoms with E-state index in [-0.39, 0.29) is 0 Å². The van der Waals surface area contributed by atoms with Crippen molar-refractivity contribution in [2.24, 2.45) is 0 Å². The van der Waals surface area contributed by atoms with Crippen LogP contribution < -0.4 is 10.0 Å². The van der Waals surface area contributed by atoms with Crippen molar-refractivity contribution in [2.75, 3.05) is 0 Å². The summed E-state index contributed by atoms with van der Waals surface area (Å²) in [7, 11) is -1.42. The maximum atomic E-state index is 9.22. The summed E-state index contributed by atoms with van der Waals surface area (Å²) in [5.74, 6) is 0. The second-order valence-electron chi connectivity index (χ2n) is 7.07. The number of aromatic nitrogens is 1. The molecule has 1 heterocycles. The molecule has 0 saturated carbocycles. The lowest BCUT2D eigenvalue weighted by atomic mass is 9.81. The van der Waals surface area contributed by atoms with Gasteiger partial charge in [-0.1, -0.05) is 54.6 Å². The molecular formula is C23H19BNO2+. The molecule has 0 aliphatic rings. The van der Waals surface area contributed by atoms with E-state index in [0.717, 1.165) is 13.0 Å². The highest BCUT2D eigenvalue weighted by Crippen LogP contribution is 2.35. The van der Waals surface area contributed by atoms with Crippen molar-refractivity contribution >= 4 is 44.9 Å². The lowest BCUT2D eigenvalue weighted by Crippen LogP contribution is -2.38. The summed E-state index contributed by atoms with van der Waals surface area (Å²) in [5, 5.41) is 26.3. The van der Waals surface area contributed by atoms with Crippen LogP contribution in [0.1, 0.15) is 5.56 Å². The van der Waals surface area contributed by atoms with Crippen LogP contribution in [0.5, 0.6) is 0 Å². The molecule has 3 nitrogen and oxygen atoms in total. The molecule has 27 heavy (non-hydrogen) atoms. The minimum atomic E-state index is -1.42. The van der Waals surface area contributed by atoms with E-state index in [1.807, 2.05) is 12.4 Å². The summed E-state index contributed by atoms with van der Waals surface area (Å²) in [6.45, 7) is 0.839. The molecule has 130 valence electrons. The quantitative estimate of drug-likeness (QED) is 0.297. The van der Waals surface area contributed by atoms with Gasteiger partial charge in [0.15, 0.2) is 18.9 Å². The minimum Gasteiger partial charge on any atom is -0.423 e. The molecule has 0 bridgehead atoms. The summed E-state index contributed by atoms with van der Waals surface area (Å²) in [5.41, 5.74) is 1.84. The van der Waals surface area contributed by atoms with Crippen LogP contribution in [0, 0.1) is 0 Å². The number of rotatable bonds is 4. The Morgan fingerprint density at radius 3 is 2.04 bits per heavy atom. The average Bonchev–Trinajstić information content (AvgIpc) is 2.71. The monoisotopic (exact) mass is 352 g/mol. The van der Waals surface area contributed by atoms with Crippen molar-refractivity contribution in [3.8, 4) is 0 Å². The predicted molar refractivity (Wildman–Crippen MR) is 110 cm³/mol. The number of hydrogen-bond donors (Lipinski definition) is 2. The molecule has 4 heteroatoms. The fourth-order valence-electron chi connectivity index (χ4n) is 4.05. The highest BCUT2D eigenvalue weighted by Gasteiger charge is 2.14.